The minimum atomic E-state index is -0.519. The molecule has 2 rings (SSSR count). The first kappa shape index (κ1) is 13.4. The number of hydrogen-bond donors (Lipinski definition) is 3. The number of carbonyl (C=O) groups is 2. The van der Waals surface area contributed by atoms with Gasteiger partial charge in [-0.2, -0.15) is 5.10 Å². The van der Waals surface area contributed by atoms with Crippen molar-refractivity contribution in [2.24, 2.45) is 11.7 Å². The lowest BCUT2D eigenvalue weighted by atomic mass is 9.97. The van der Waals surface area contributed by atoms with E-state index < -0.39 is 6.03 Å². The quantitative estimate of drug-likeness (QED) is 0.729. The van der Waals surface area contributed by atoms with Crippen molar-refractivity contribution in [2.75, 3.05) is 19.6 Å². The summed E-state index contributed by atoms with van der Waals surface area (Å²) >= 11 is 0. The highest BCUT2D eigenvalue weighted by atomic mass is 16.2. The number of amides is 3. The predicted octanol–water partition coefficient (Wildman–Crippen LogP) is 0.239. The van der Waals surface area contributed by atoms with E-state index in [1.165, 1.54) is 0 Å². The monoisotopic (exact) mass is 265 g/mol. The largest absolute Gasteiger partial charge is 0.352 e. The Bertz CT molecular complexity index is 470. The fraction of sp³-hybridized carbons (Fsp3) is 0.583. The summed E-state index contributed by atoms with van der Waals surface area (Å²) in [6, 6.07) is -0.519. The number of aromatic amines is 1. The van der Waals surface area contributed by atoms with Crippen molar-refractivity contribution in [1.82, 2.24) is 20.4 Å². The Morgan fingerprint density at radius 3 is 3.05 bits per heavy atom. The van der Waals surface area contributed by atoms with E-state index in [0.29, 0.717) is 18.7 Å². The molecular weight excluding hydrogens is 246 g/mol. The third-order valence-electron chi connectivity index (χ3n) is 3.43. The molecule has 0 spiro atoms. The molecule has 1 aromatic heterocycles. The van der Waals surface area contributed by atoms with E-state index in [-0.39, 0.29) is 11.8 Å². The van der Waals surface area contributed by atoms with E-state index in [2.05, 4.69) is 15.5 Å². The smallest absolute Gasteiger partial charge is 0.312 e. The van der Waals surface area contributed by atoms with E-state index >= 15 is 0 Å². The molecule has 1 aliphatic heterocycles. The van der Waals surface area contributed by atoms with Gasteiger partial charge in [-0.3, -0.25) is 9.89 Å². The maximum absolute atomic E-state index is 12.3. The number of urea groups is 1. The van der Waals surface area contributed by atoms with Gasteiger partial charge >= 0.3 is 6.03 Å². The van der Waals surface area contributed by atoms with Gasteiger partial charge in [0.2, 0.25) is 0 Å². The van der Waals surface area contributed by atoms with Crippen LogP contribution in [0.15, 0.2) is 6.20 Å². The summed E-state index contributed by atoms with van der Waals surface area (Å²) in [6.45, 7) is 3.74. The Labute approximate surface area is 111 Å². The van der Waals surface area contributed by atoms with Crippen molar-refractivity contribution in [1.29, 1.82) is 0 Å². The Morgan fingerprint density at radius 2 is 2.42 bits per heavy atom. The van der Waals surface area contributed by atoms with Gasteiger partial charge in [0.25, 0.3) is 5.91 Å². The van der Waals surface area contributed by atoms with Crippen LogP contribution in [0.4, 0.5) is 4.79 Å². The molecule has 0 aromatic carbocycles. The number of rotatable bonds is 3. The molecule has 0 aliphatic carbocycles. The van der Waals surface area contributed by atoms with Crippen LogP contribution in [0.5, 0.6) is 0 Å². The van der Waals surface area contributed by atoms with Crippen LogP contribution in [0.3, 0.4) is 0 Å². The van der Waals surface area contributed by atoms with E-state index in [9.17, 15) is 9.59 Å². The highest BCUT2D eigenvalue weighted by Crippen LogP contribution is 2.18. The molecule has 2 heterocycles. The predicted molar refractivity (Wildman–Crippen MR) is 69.5 cm³/mol. The van der Waals surface area contributed by atoms with Crippen LogP contribution in [0, 0.1) is 12.8 Å². The van der Waals surface area contributed by atoms with Gasteiger partial charge < -0.3 is 16.0 Å². The molecule has 1 unspecified atom stereocenters. The molecule has 1 saturated heterocycles. The summed E-state index contributed by atoms with van der Waals surface area (Å²) in [5, 5.41) is 9.24. The summed E-state index contributed by atoms with van der Waals surface area (Å²) in [5.74, 6) is 0.257. The molecule has 3 amide bonds. The van der Waals surface area contributed by atoms with Crippen LogP contribution in [-0.4, -0.2) is 46.7 Å². The highest BCUT2D eigenvalue weighted by molar-refractivity contribution is 5.95. The number of primary amides is 1. The van der Waals surface area contributed by atoms with Crippen molar-refractivity contribution >= 4 is 11.9 Å². The van der Waals surface area contributed by atoms with Crippen molar-refractivity contribution in [3.63, 3.8) is 0 Å². The summed E-state index contributed by atoms with van der Waals surface area (Å²) in [4.78, 5) is 24.8. The number of nitrogens with zero attached hydrogens (tertiary/aromatic N) is 2. The highest BCUT2D eigenvalue weighted by Gasteiger charge is 2.25. The number of aromatic nitrogens is 2. The number of hydrogen-bond acceptors (Lipinski definition) is 3. The van der Waals surface area contributed by atoms with Crippen LogP contribution >= 0.6 is 0 Å². The molecule has 1 atom stereocenters. The zero-order chi connectivity index (χ0) is 13.8. The fourth-order valence-electron chi connectivity index (χ4n) is 2.40. The van der Waals surface area contributed by atoms with E-state index in [1.54, 1.807) is 6.20 Å². The van der Waals surface area contributed by atoms with E-state index in [4.69, 9.17) is 5.73 Å². The van der Waals surface area contributed by atoms with Gasteiger partial charge in [-0.1, -0.05) is 0 Å². The molecular formula is C12H19N5O2. The number of aryl methyl sites for hydroxylation is 1. The number of nitrogens with two attached hydrogens (primary N) is 1. The molecule has 104 valence electrons. The minimum absolute atomic E-state index is 0.00461. The Morgan fingerprint density at radius 1 is 1.63 bits per heavy atom. The van der Waals surface area contributed by atoms with Crippen LogP contribution < -0.4 is 11.1 Å². The molecule has 7 nitrogen and oxygen atoms in total. The van der Waals surface area contributed by atoms with Crippen LogP contribution in [0.2, 0.25) is 0 Å². The second-order valence-corrected chi connectivity index (χ2v) is 4.91. The molecule has 0 bridgehead atoms. The van der Waals surface area contributed by atoms with Gasteiger partial charge in [0.05, 0.1) is 11.8 Å². The second kappa shape index (κ2) is 5.73. The number of nitrogens with one attached hydrogen (secondary N) is 2. The average Bonchev–Trinajstić information content (AvgIpc) is 2.82. The first-order valence-corrected chi connectivity index (χ1v) is 6.40. The number of carbonyl (C=O) groups excluding carboxylic acids is 2. The summed E-state index contributed by atoms with van der Waals surface area (Å²) in [7, 11) is 0. The number of likely N-dealkylation sites (tertiary alicyclic amines) is 1. The molecule has 7 heteroatoms. The number of H-pyrrole nitrogens is 1. The maximum atomic E-state index is 12.3. The lowest BCUT2D eigenvalue weighted by molar-refractivity contribution is 0.0674. The molecule has 4 N–H and O–H groups in total. The molecule has 0 radical (unpaired) electrons. The average molecular weight is 265 g/mol. The lowest BCUT2D eigenvalue weighted by Gasteiger charge is -2.32. The fourth-order valence-corrected chi connectivity index (χ4v) is 2.40. The summed E-state index contributed by atoms with van der Waals surface area (Å²) in [6.07, 6.45) is 3.49. The Hall–Kier alpha value is -2.05. The number of piperidine rings is 1. The van der Waals surface area contributed by atoms with Crippen LogP contribution in [-0.2, 0) is 0 Å². The first-order chi connectivity index (χ1) is 9.08. The Kier molecular flexibility index (Phi) is 4.03. The van der Waals surface area contributed by atoms with E-state index in [1.807, 2.05) is 11.8 Å². The third kappa shape index (κ3) is 3.24. The normalized spacial score (nSPS) is 19.2. The topological polar surface area (TPSA) is 104 Å². The van der Waals surface area contributed by atoms with Gasteiger partial charge in [0.15, 0.2) is 0 Å². The van der Waals surface area contributed by atoms with Crippen molar-refractivity contribution in [2.45, 2.75) is 19.8 Å². The SMILES string of the molecule is Cc1[nH]ncc1C(=O)N1CCCC(CNC(N)=O)C1. The first-order valence-electron chi connectivity index (χ1n) is 6.40. The standard InChI is InChI=1S/C12H19N5O2/c1-8-10(6-15-16-8)11(18)17-4-2-3-9(7-17)5-14-12(13)19/h6,9H,2-5,7H2,1H3,(H,15,16)(H3,13,14,19). The Balaban J connectivity index is 1.95. The minimum Gasteiger partial charge on any atom is -0.352 e. The van der Waals surface area contributed by atoms with Crippen LogP contribution in [0.25, 0.3) is 0 Å². The lowest BCUT2D eigenvalue weighted by Crippen LogP contribution is -2.44. The zero-order valence-electron chi connectivity index (χ0n) is 11.0. The summed E-state index contributed by atoms with van der Waals surface area (Å²) < 4.78 is 0. The molecule has 0 saturated carbocycles. The molecule has 1 fully saturated rings. The van der Waals surface area contributed by atoms with Gasteiger partial charge in [-0.15, -0.1) is 0 Å². The summed E-state index contributed by atoms with van der Waals surface area (Å²) in [5.41, 5.74) is 6.45. The van der Waals surface area contributed by atoms with Crippen molar-refractivity contribution in [3.8, 4) is 0 Å². The van der Waals surface area contributed by atoms with Crippen molar-refractivity contribution in [3.05, 3.63) is 17.5 Å². The maximum Gasteiger partial charge on any atom is 0.312 e. The second-order valence-electron chi connectivity index (χ2n) is 4.91. The van der Waals surface area contributed by atoms with Gasteiger partial charge in [0.1, 0.15) is 0 Å². The zero-order valence-corrected chi connectivity index (χ0v) is 11.0. The van der Waals surface area contributed by atoms with E-state index in [0.717, 1.165) is 25.1 Å². The molecule has 1 aliphatic rings. The van der Waals surface area contributed by atoms with Gasteiger partial charge in [-0.05, 0) is 25.7 Å². The van der Waals surface area contributed by atoms with Gasteiger partial charge in [0, 0.05) is 25.3 Å². The molecule has 19 heavy (non-hydrogen) atoms. The third-order valence-corrected chi connectivity index (χ3v) is 3.43. The molecule has 1 aromatic rings. The van der Waals surface area contributed by atoms with Crippen LogP contribution in [0.1, 0.15) is 28.9 Å². The van der Waals surface area contributed by atoms with Gasteiger partial charge in [-0.25, -0.2) is 4.79 Å². The van der Waals surface area contributed by atoms with Crippen molar-refractivity contribution < 1.29 is 9.59 Å².